The second-order valence-electron chi connectivity index (χ2n) is 7.86. The van der Waals surface area contributed by atoms with Gasteiger partial charge in [-0.3, -0.25) is 14.5 Å². The third kappa shape index (κ3) is 6.31. The van der Waals surface area contributed by atoms with Gasteiger partial charge in [-0.1, -0.05) is 54.1 Å². The molecule has 8 heteroatoms. The first-order chi connectivity index (χ1) is 16.1. The first-order valence-electron chi connectivity index (χ1n) is 10.9. The van der Waals surface area contributed by atoms with Crippen molar-refractivity contribution in [2.45, 2.75) is 6.54 Å². The average Bonchev–Trinajstić information content (AvgIpc) is 2.84. The van der Waals surface area contributed by atoms with Crippen molar-refractivity contribution in [3.8, 4) is 0 Å². The van der Waals surface area contributed by atoms with Gasteiger partial charge in [0.15, 0.2) is 0 Å². The molecular weight excluding hydrogens is 438 g/mol. The minimum atomic E-state index is -0.223. The van der Waals surface area contributed by atoms with Gasteiger partial charge < -0.3 is 15.5 Å². The summed E-state index contributed by atoms with van der Waals surface area (Å²) in [6.07, 6.45) is 1.64. The quantitative estimate of drug-likeness (QED) is 0.561. The maximum Gasteiger partial charge on any atom is 0.253 e. The van der Waals surface area contributed by atoms with Gasteiger partial charge >= 0.3 is 0 Å². The van der Waals surface area contributed by atoms with E-state index in [1.165, 1.54) is 0 Å². The summed E-state index contributed by atoms with van der Waals surface area (Å²) in [6, 6.07) is 20.5. The molecule has 1 aromatic heterocycles. The fraction of sp³-hybridized carbons (Fsp3) is 0.240. The normalized spacial score (nSPS) is 14.0. The molecule has 0 atom stereocenters. The lowest BCUT2D eigenvalue weighted by Gasteiger charge is -2.35. The Balaban J connectivity index is 1.29. The van der Waals surface area contributed by atoms with Crippen molar-refractivity contribution in [3.63, 3.8) is 0 Å². The molecule has 2 amide bonds. The Morgan fingerprint density at radius 3 is 2.36 bits per heavy atom. The van der Waals surface area contributed by atoms with Crippen LogP contribution in [0.3, 0.4) is 0 Å². The second kappa shape index (κ2) is 10.9. The number of carbonyl (C=O) groups is 2. The lowest BCUT2D eigenvalue weighted by molar-refractivity contribution is -0.117. The Morgan fingerprint density at radius 1 is 0.909 bits per heavy atom. The first-order valence-corrected chi connectivity index (χ1v) is 11.3. The molecule has 7 nitrogen and oxygen atoms in total. The lowest BCUT2D eigenvalue weighted by Crippen LogP contribution is -2.49. The molecular formula is C25H26ClN5O2. The van der Waals surface area contributed by atoms with E-state index in [1.807, 2.05) is 48.5 Å². The van der Waals surface area contributed by atoms with E-state index in [0.717, 1.165) is 37.6 Å². The summed E-state index contributed by atoms with van der Waals surface area (Å²) >= 11 is 5.92. The van der Waals surface area contributed by atoms with Crippen molar-refractivity contribution >= 4 is 34.9 Å². The monoisotopic (exact) mass is 463 g/mol. The zero-order valence-electron chi connectivity index (χ0n) is 18.2. The van der Waals surface area contributed by atoms with E-state index in [9.17, 15) is 9.59 Å². The van der Waals surface area contributed by atoms with E-state index < -0.39 is 0 Å². The average molecular weight is 464 g/mol. The molecule has 1 aliphatic heterocycles. The number of para-hydroxylation sites is 1. The molecule has 4 rings (SSSR count). The zero-order valence-corrected chi connectivity index (χ0v) is 19.0. The molecule has 1 aliphatic rings. The first kappa shape index (κ1) is 22.8. The Labute approximate surface area is 198 Å². The van der Waals surface area contributed by atoms with Crippen LogP contribution in [0.25, 0.3) is 0 Å². The van der Waals surface area contributed by atoms with Crippen LogP contribution in [0.4, 0.5) is 11.5 Å². The van der Waals surface area contributed by atoms with Gasteiger partial charge in [0.05, 0.1) is 22.8 Å². The minimum absolute atomic E-state index is 0.142. The van der Waals surface area contributed by atoms with Crippen LogP contribution in [-0.2, 0) is 11.3 Å². The summed E-state index contributed by atoms with van der Waals surface area (Å²) in [4.78, 5) is 34.0. The van der Waals surface area contributed by atoms with Crippen molar-refractivity contribution in [2.24, 2.45) is 0 Å². The topological polar surface area (TPSA) is 77.6 Å². The number of anilines is 2. The maximum absolute atomic E-state index is 12.7. The zero-order chi connectivity index (χ0) is 23.0. The van der Waals surface area contributed by atoms with Crippen LogP contribution in [0.15, 0.2) is 72.9 Å². The van der Waals surface area contributed by atoms with Gasteiger partial charge in [0.2, 0.25) is 5.91 Å². The van der Waals surface area contributed by atoms with E-state index in [2.05, 4.69) is 25.4 Å². The smallest absolute Gasteiger partial charge is 0.253 e. The van der Waals surface area contributed by atoms with E-state index in [1.54, 1.807) is 24.4 Å². The molecule has 0 aliphatic carbocycles. The number of rotatable bonds is 7. The number of aromatic nitrogens is 1. The third-order valence-electron chi connectivity index (χ3n) is 5.52. The van der Waals surface area contributed by atoms with E-state index in [0.29, 0.717) is 22.8 Å². The summed E-state index contributed by atoms with van der Waals surface area (Å²) < 4.78 is 0. The highest BCUT2D eigenvalue weighted by Crippen LogP contribution is 2.17. The highest BCUT2D eigenvalue weighted by Gasteiger charge is 2.21. The summed E-state index contributed by atoms with van der Waals surface area (Å²) in [5.41, 5.74) is 1.97. The number of carbonyl (C=O) groups excluding carboxylic acids is 2. The summed E-state index contributed by atoms with van der Waals surface area (Å²) in [7, 11) is 0. The van der Waals surface area contributed by atoms with Gasteiger partial charge in [0.25, 0.3) is 5.91 Å². The van der Waals surface area contributed by atoms with E-state index in [4.69, 9.17) is 11.6 Å². The van der Waals surface area contributed by atoms with Crippen molar-refractivity contribution in [1.82, 2.24) is 15.2 Å². The fourth-order valence-corrected chi connectivity index (χ4v) is 3.86. The van der Waals surface area contributed by atoms with Crippen molar-refractivity contribution in [2.75, 3.05) is 42.9 Å². The van der Waals surface area contributed by atoms with Crippen LogP contribution in [-0.4, -0.2) is 54.4 Å². The Bertz CT molecular complexity index is 1080. The van der Waals surface area contributed by atoms with Gasteiger partial charge in [-0.25, -0.2) is 4.98 Å². The number of nitrogens with zero attached hydrogens (tertiary/aromatic N) is 3. The molecule has 0 saturated carbocycles. The summed E-state index contributed by atoms with van der Waals surface area (Å²) in [5.74, 6) is 0.522. The molecule has 33 heavy (non-hydrogen) atoms. The standard InChI is InChI=1S/C25H26ClN5O2/c26-20-10-11-23(27-17-20)31-14-12-30(13-15-31)18-24(32)29-22-9-5-4-8-21(22)25(33)28-16-19-6-2-1-3-7-19/h1-11,17H,12-16,18H2,(H,28,33)(H,29,32). The van der Waals surface area contributed by atoms with E-state index in [-0.39, 0.29) is 18.4 Å². The number of hydrogen-bond donors (Lipinski definition) is 2. The molecule has 1 fully saturated rings. The molecule has 1 saturated heterocycles. The highest BCUT2D eigenvalue weighted by atomic mass is 35.5. The van der Waals surface area contributed by atoms with E-state index >= 15 is 0 Å². The molecule has 0 bridgehead atoms. The minimum Gasteiger partial charge on any atom is -0.354 e. The maximum atomic E-state index is 12.7. The van der Waals surface area contributed by atoms with Gasteiger partial charge in [0.1, 0.15) is 5.82 Å². The molecule has 2 heterocycles. The molecule has 170 valence electrons. The number of benzene rings is 2. The van der Waals surface area contributed by atoms with Crippen LogP contribution < -0.4 is 15.5 Å². The van der Waals surface area contributed by atoms with Crippen LogP contribution in [0.1, 0.15) is 15.9 Å². The number of halogens is 1. The van der Waals surface area contributed by atoms with Crippen LogP contribution in [0.5, 0.6) is 0 Å². The molecule has 0 spiro atoms. The van der Waals surface area contributed by atoms with Crippen molar-refractivity contribution < 1.29 is 9.59 Å². The molecule has 0 unspecified atom stereocenters. The Morgan fingerprint density at radius 2 is 1.64 bits per heavy atom. The van der Waals surface area contributed by atoms with Crippen molar-refractivity contribution in [3.05, 3.63) is 89.1 Å². The number of hydrogen-bond acceptors (Lipinski definition) is 5. The molecule has 3 aromatic rings. The summed E-state index contributed by atoms with van der Waals surface area (Å²) in [5, 5.41) is 6.43. The Kier molecular flexibility index (Phi) is 7.55. The molecule has 2 N–H and O–H groups in total. The molecule has 0 radical (unpaired) electrons. The number of amides is 2. The number of nitrogens with one attached hydrogen (secondary N) is 2. The van der Waals surface area contributed by atoms with Gasteiger partial charge in [-0.2, -0.15) is 0 Å². The molecule has 2 aromatic carbocycles. The predicted molar refractivity (Wildman–Crippen MR) is 131 cm³/mol. The van der Waals surface area contributed by atoms with Gasteiger partial charge in [0, 0.05) is 38.9 Å². The Hall–Kier alpha value is -3.42. The third-order valence-corrected chi connectivity index (χ3v) is 5.74. The lowest BCUT2D eigenvalue weighted by atomic mass is 10.1. The fourth-order valence-electron chi connectivity index (χ4n) is 3.75. The van der Waals surface area contributed by atoms with Crippen LogP contribution in [0.2, 0.25) is 5.02 Å². The largest absolute Gasteiger partial charge is 0.354 e. The number of piperazine rings is 1. The number of pyridine rings is 1. The van der Waals surface area contributed by atoms with Crippen molar-refractivity contribution in [1.29, 1.82) is 0 Å². The second-order valence-corrected chi connectivity index (χ2v) is 8.30. The van der Waals surface area contributed by atoms with Gasteiger partial charge in [-0.05, 0) is 29.8 Å². The van der Waals surface area contributed by atoms with Crippen LogP contribution in [0, 0.1) is 0 Å². The highest BCUT2D eigenvalue weighted by molar-refractivity contribution is 6.30. The predicted octanol–water partition coefficient (Wildman–Crippen LogP) is 3.43. The van der Waals surface area contributed by atoms with Crippen LogP contribution >= 0.6 is 11.6 Å². The SMILES string of the molecule is O=C(CN1CCN(c2ccc(Cl)cn2)CC1)Nc1ccccc1C(=O)NCc1ccccc1. The van der Waals surface area contributed by atoms with Gasteiger partial charge in [-0.15, -0.1) is 0 Å². The summed E-state index contributed by atoms with van der Waals surface area (Å²) in [6.45, 7) is 3.74.